The minimum absolute atomic E-state index is 0.255. The van der Waals surface area contributed by atoms with Crippen molar-refractivity contribution in [3.05, 3.63) is 34.1 Å². The molecular formula is C12H13BrFNO2. The van der Waals surface area contributed by atoms with E-state index in [1.54, 1.807) is 0 Å². The van der Waals surface area contributed by atoms with Crippen molar-refractivity contribution in [3.8, 4) is 0 Å². The van der Waals surface area contributed by atoms with Crippen LogP contribution in [0.5, 0.6) is 0 Å². The van der Waals surface area contributed by atoms with Crippen LogP contribution in [0.2, 0.25) is 0 Å². The highest BCUT2D eigenvalue weighted by Crippen LogP contribution is 2.28. The van der Waals surface area contributed by atoms with Crippen LogP contribution in [0.25, 0.3) is 0 Å². The lowest BCUT2D eigenvalue weighted by Gasteiger charge is -2.46. The predicted octanol–water partition coefficient (Wildman–Crippen LogP) is 2.19. The second kappa shape index (κ2) is 4.38. The highest BCUT2D eigenvalue weighted by molar-refractivity contribution is 9.10. The Hall–Kier alpha value is -0.940. The molecule has 0 bridgehead atoms. The van der Waals surface area contributed by atoms with E-state index in [0.717, 1.165) is 0 Å². The van der Waals surface area contributed by atoms with Crippen molar-refractivity contribution in [2.24, 2.45) is 0 Å². The lowest BCUT2D eigenvalue weighted by Crippen LogP contribution is -2.63. The summed E-state index contributed by atoms with van der Waals surface area (Å²) in [5, 5.41) is 9.83. The van der Waals surface area contributed by atoms with Gasteiger partial charge in [0.25, 0.3) is 5.91 Å². The van der Waals surface area contributed by atoms with E-state index in [1.165, 1.54) is 23.1 Å². The van der Waals surface area contributed by atoms with Gasteiger partial charge in [-0.1, -0.05) is 6.92 Å². The molecule has 0 radical (unpaired) electrons. The fourth-order valence-electron chi connectivity index (χ4n) is 1.86. The lowest BCUT2D eigenvalue weighted by molar-refractivity contribution is -0.0826. The number of carbonyl (C=O) groups excluding carboxylic acids is 1. The van der Waals surface area contributed by atoms with Gasteiger partial charge in [-0.15, -0.1) is 0 Å². The number of β-amino-alcohol motifs (C(OH)–C–C–N with tert-alkyl or cyclic N) is 1. The van der Waals surface area contributed by atoms with Crippen LogP contribution in [0.15, 0.2) is 22.7 Å². The second-order valence-electron chi connectivity index (χ2n) is 4.36. The van der Waals surface area contributed by atoms with Gasteiger partial charge in [0, 0.05) is 4.47 Å². The van der Waals surface area contributed by atoms with Crippen LogP contribution in [0.4, 0.5) is 4.39 Å². The van der Waals surface area contributed by atoms with Crippen molar-refractivity contribution in [2.75, 3.05) is 13.1 Å². The van der Waals surface area contributed by atoms with Gasteiger partial charge < -0.3 is 10.0 Å². The van der Waals surface area contributed by atoms with E-state index >= 15 is 0 Å². The standard InChI is InChI=1S/C12H13BrFNO2/c1-2-12(17)6-15(7-12)11(16)9-5-8(14)3-4-10(9)13/h3-5,17H,2,6-7H2,1H3. The van der Waals surface area contributed by atoms with Crippen molar-refractivity contribution in [1.82, 2.24) is 4.90 Å². The highest BCUT2D eigenvalue weighted by atomic mass is 79.9. The number of likely N-dealkylation sites (tertiary alicyclic amines) is 1. The van der Waals surface area contributed by atoms with Crippen LogP contribution < -0.4 is 0 Å². The van der Waals surface area contributed by atoms with Crippen LogP contribution in [0.3, 0.4) is 0 Å². The molecule has 1 heterocycles. The quantitative estimate of drug-likeness (QED) is 0.910. The van der Waals surface area contributed by atoms with Gasteiger partial charge in [-0.3, -0.25) is 4.79 Å². The summed E-state index contributed by atoms with van der Waals surface area (Å²) in [5.74, 6) is -0.697. The third-order valence-electron chi connectivity index (χ3n) is 3.07. The fraction of sp³-hybridized carbons (Fsp3) is 0.417. The van der Waals surface area contributed by atoms with Gasteiger partial charge in [0.1, 0.15) is 5.82 Å². The number of aliphatic hydroxyl groups is 1. The average Bonchev–Trinajstić information content (AvgIpc) is 2.27. The Labute approximate surface area is 107 Å². The summed E-state index contributed by atoms with van der Waals surface area (Å²) >= 11 is 3.22. The van der Waals surface area contributed by atoms with Crippen LogP contribution >= 0.6 is 15.9 Å². The van der Waals surface area contributed by atoms with Crippen molar-refractivity contribution < 1.29 is 14.3 Å². The molecule has 1 aromatic rings. The molecule has 1 aliphatic rings. The maximum atomic E-state index is 13.1. The van der Waals surface area contributed by atoms with E-state index in [2.05, 4.69) is 15.9 Å². The van der Waals surface area contributed by atoms with Gasteiger partial charge in [0.2, 0.25) is 0 Å². The average molecular weight is 302 g/mol. The van der Waals surface area contributed by atoms with Gasteiger partial charge in [-0.2, -0.15) is 0 Å². The molecule has 1 saturated heterocycles. The zero-order valence-electron chi connectivity index (χ0n) is 9.41. The summed E-state index contributed by atoms with van der Waals surface area (Å²) in [5.41, 5.74) is -0.474. The largest absolute Gasteiger partial charge is 0.386 e. The summed E-state index contributed by atoms with van der Waals surface area (Å²) < 4.78 is 13.6. The summed E-state index contributed by atoms with van der Waals surface area (Å²) in [6, 6.07) is 4.00. The third kappa shape index (κ3) is 2.35. The second-order valence-corrected chi connectivity index (χ2v) is 5.22. The molecule has 0 aliphatic carbocycles. The van der Waals surface area contributed by atoms with Gasteiger partial charge in [0.05, 0.1) is 24.3 Å². The third-order valence-corrected chi connectivity index (χ3v) is 3.77. The van der Waals surface area contributed by atoms with Crippen molar-refractivity contribution in [2.45, 2.75) is 18.9 Å². The summed E-state index contributed by atoms with van der Waals surface area (Å²) in [6.45, 7) is 2.50. The Morgan fingerprint density at radius 3 is 2.82 bits per heavy atom. The number of amides is 1. The van der Waals surface area contributed by atoms with Gasteiger partial charge in [-0.25, -0.2) is 4.39 Å². The summed E-state index contributed by atoms with van der Waals surface area (Å²) in [7, 11) is 0. The number of hydrogen-bond acceptors (Lipinski definition) is 2. The molecule has 5 heteroatoms. The Balaban J connectivity index is 2.14. The minimum Gasteiger partial charge on any atom is -0.386 e. The molecule has 1 aliphatic heterocycles. The summed E-state index contributed by atoms with van der Waals surface area (Å²) in [6.07, 6.45) is 0.612. The molecule has 2 rings (SSSR count). The Morgan fingerprint density at radius 2 is 2.24 bits per heavy atom. The topological polar surface area (TPSA) is 40.5 Å². The lowest BCUT2D eigenvalue weighted by atomic mass is 9.90. The first-order valence-corrected chi connectivity index (χ1v) is 6.21. The van der Waals surface area contributed by atoms with Crippen molar-refractivity contribution in [3.63, 3.8) is 0 Å². The number of halogens is 2. The smallest absolute Gasteiger partial charge is 0.255 e. The molecule has 1 amide bonds. The highest BCUT2D eigenvalue weighted by Gasteiger charge is 2.42. The minimum atomic E-state index is -0.768. The fourth-order valence-corrected chi connectivity index (χ4v) is 2.28. The van der Waals surface area contributed by atoms with Crippen LogP contribution in [-0.4, -0.2) is 34.6 Å². The molecule has 92 valence electrons. The molecule has 0 aromatic heterocycles. The number of benzene rings is 1. The molecular weight excluding hydrogens is 289 g/mol. The van der Waals surface area contributed by atoms with Crippen molar-refractivity contribution in [1.29, 1.82) is 0 Å². The van der Waals surface area contributed by atoms with Crippen LogP contribution in [0.1, 0.15) is 23.7 Å². The monoisotopic (exact) mass is 301 g/mol. The summed E-state index contributed by atoms with van der Waals surface area (Å²) in [4.78, 5) is 13.5. The Morgan fingerprint density at radius 1 is 1.59 bits per heavy atom. The molecule has 17 heavy (non-hydrogen) atoms. The van der Waals surface area contributed by atoms with Gasteiger partial charge in [-0.05, 0) is 40.5 Å². The maximum absolute atomic E-state index is 13.1. The molecule has 0 atom stereocenters. The number of carbonyl (C=O) groups is 1. The molecule has 0 unspecified atom stereocenters. The number of nitrogens with zero attached hydrogens (tertiary/aromatic N) is 1. The zero-order valence-corrected chi connectivity index (χ0v) is 11.0. The van der Waals surface area contributed by atoms with Crippen LogP contribution in [-0.2, 0) is 0 Å². The van der Waals surface area contributed by atoms with Gasteiger partial charge in [0.15, 0.2) is 0 Å². The van der Waals surface area contributed by atoms with E-state index in [9.17, 15) is 14.3 Å². The molecule has 0 saturated carbocycles. The SMILES string of the molecule is CCC1(O)CN(C(=O)c2cc(F)ccc2Br)C1. The van der Waals surface area contributed by atoms with E-state index in [1.807, 2.05) is 6.92 Å². The first-order chi connectivity index (χ1) is 7.95. The number of hydrogen-bond donors (Lipinski definition) is 1. The van der Waals surface area contributed by atoms with Crippen LogP contribution in [0, 0.1) is 5.82 Å². The van der Waals surface area contributed by atoms with Crippen molar-refractivity contribution >= 4 is 21.8 Å². The maximum Gasteiger partial charge on any atom is 0.255 e. The molecule has 1 aromatic carbocycles. The molecule has 0 spiro atoms. The van der Waals surface area contributed by atoms with E-state index in [4.69, 9.17) is 0 Å². The predicted molar refractivity (Wildman–Crippen MR) is 65.2 cm³/mol. The van der Waals surface area contributed by atoms with Gasteiger partial charge >= 0.3 is 0 Å². The Bertz CT molecular complexity index is 458. The molecule has 1 fully saturated rings. The molecule has 1 N–H and O–H groups in total. The van der Waals surface area contributed by atoms with E-state index in [-0.39, 0.29) is 5.91 Å². The van der Waals surface area contributed by atoms with E-state index < -0.39 is 11.4 Å². The van der Waals surface area contributed by atoms with E-state index in [0.29, 0.717) is 29.5 Å². The first-order valence-electron chi connectivity index (χ1n) is 5.42. The number of rotatable bonds is 2. The zero-order chi connectivity index (χ0) is 12.6. The first kappa shape index (κ1) is 12.5. The molecule has 3 nitrogen and oxygen atoms in total. The normalized spacial score (nSPS) is 17.8. The Kier molecular flexibility index (Phi) is 3.23.